The van der Waals surface area contributed by atoms with Crippen LogP contribution in [0.1, 0.15) is 27.9 Å². The van der Waals surface area contributed by atoms with Crippen molar-refractivity contribution in [3.05, 3.63) is 51.8 Å². The van der Waals surface area contributed by atoms with Crippen LogP contribution in [0.5, 0.6) is 0 Å². The summed E-state index contributed by atoms with van der Waals surface area (Å²) in [6, 6.07) is 3.36. The highest BCUT2D eigenvalue weighted by atomic mass is 32.1. The fourth-order valence-electron chi connectivity index (χ4n) is 2.75. The van der Waals surface area contributed by atoms with Crippen LogP contribution in [0.15, 0.2) is 18.2 Å². The van der Waals surface area contributed by atoms with Crippen molar-refractivity contribution in [2.24, 2.45) is 0 Å². The van der Waals surface area contributed by atoms with Crippen LogP contribution < -0.4 is 11.1 Å². The van der Waals surface area contributed by atoms with Crippen LogP contribution in [0.2, 0.25) is 0 Å². The molecule has 1 aromatic carbocycles. The fourth-order valence-corrected chi connectivity index (χ4v) is 3.84. The topological polar surface area (TPSA) is 94.3 Å². The van der Waals surface area contributed by atoms with E-state index >= 15 is 0 Å². The summed E-state index contributed by atoms with van der Waals surface area (Å²) >= 11 is 1.03. The summed E-state index contributed by atoms with van der Waals surface area (Å²) in [5, 5.41) is 2.69. The van der Waals surface area contributed by atoms with E-state index in [1.54, 1.807) is 0 Å². The van der Waals surface area contributed by atoms with Gasteiger partial charge in [-0.15, -0.1) is 11.3 Å². The number of benzene rings is 1. The number of esters is 1. The van der Waals surface area contributed by atoms with Gasteiger partial charge in [0, 0.05) is 11.1 Å². The van der Waals surface area contributed by atoms with Gasteiger partial charge in [0.15, 0.2) is 23.6 Å². The maximum absolute atomic E-state index is 13.7. The Morgan fingerprint density at radius 2 is 1.90 bits per heavy atom. The zero-order chi connectivity index (χ0) is 21.5. The van der Waals surface area contributed by atoms with Crippen LogP contribution in [0.3, 0.4) is 0 Å². The van der Waals surface area contributed by atoms with Crippen LogP contribution in [-0.4, -0.2) is 23.0 Å². The third-order valence-electron chi connectivity index (χ3n) is 4.16. The van der Waals surface area contributed by atoms with E-state index in [0.29, 0.717) is 16.3 Å². The van der Waals surface area contributed by atoms with Crippen LogP contribution >= 0.6 is 11.3 Å². The third kappa shape index (κ3) is 3.88. The predicted molar refractivity (Wildman–Crippen MR) is 103 cm³/mol. The number of pyridine rings is 1. The monoisotopic (exact) mass is 423 g/mol. The first-order valence-corrected chi connectivity index (χ1v) is 9.23. The molecule has 6 nitrogen and oxygen atoms in total. The summed E-state index contributed by atoms with van der Waals surface area (Å²) in [4.78, 5) is 29.6. The number of rotatable bonds is 4. The number of hydrogen-bond donors (Lipinski definition) is 2. The molecular formula is C19H16F3N3O3S. The molecule has 0 bridgehead atoms. The lowest BCUT2D eigenvalue weighted by Crippen LogP contribution is -2.30. The number of thiophene rings is 1. The van der Waals surface area contributed by atoms with Gasteiger partial charge in [-0.3, -0.25) is 4.79 Å². The Hall–Kier alpha value is -3.14. The summed E-state index contributed by atoms with van der Waals surface area (Å²) in [5.74, 6) is -6.44. The number of halogens is 3. The molecule has 152 valence electrons. The van der Waals surface area contributed by atoms with E-state index in [9.17, 15) is 22.8 Å². The summed E-state index contributed by atoms with van der Waals surface area (Å²) in [7, 11) is 0. The SMILES string of the molecule is Cc1cc(C)c2c(N)c(C(=O)O[C@@H](C)C(=O)Nc3ccc(F)c(F)c3F)sc2n1. The van der Waals surface area contributed by atoms with Gasteiger partial charge in [0.05, 0.1) is 11.4 Å². The lowest BCUT2D eigenvalue weighted by Gasteiger charge is -2.14. The van der Waals surface area contributed by atoms with E-state index in [2.05, 4.69) is 10.3 Å². The number of amides is 1. The highest BCUT2D eigenvalue weighted by Gasteiger charge is 2.25. The zero-order valence-corrected chi connectivity index (χ0v) is 16.4. The number of nitrogens with zero attached hydrogens (tertiary/aromatic N) is 1. The average Bonchev–Trinajstić information content (AvgIpc) is 2.98. The quantitative estimate of drug-likeness (QED) is 0.487. The molecule has 0 aliphatic heterocycles. The highest BCUT2D eigenvalue weighted by molar-refractivity contribution is 7.21. The van der Waals surface area contributed by atoms with Crippen LogP contribution in [0, 0.1) is 31.3 Å². The van der Waals surface area contributed by atoms with Gasteiger partial charge in [-0.05, 0) is 44.5 Å². The lowest BCUT2D eigenvalue weighted by atomic mass is 10.1. The highest BCUT2D eigenvalue weighted by Crippen LogP contribution is 2.35. The molecule has 1 atom stereocenters. The number of hydrogen-bond acceptors (Lipinski definition) is 6. The minimum atomic E-state index is -1.72. The van der Waals surface area contributed by atoms with Gasteiger partial charge in [-0.2, -0.15) is 0 Å². The van der Waals surface area contributed by atoms with Gasteiger partial charge in [0.2, 0.25) is 0 Å². The van der Waals surface area contributed by atoms with Crippen molar-refractivity contribution < 1.29 is 27.5 Å². The van der Waals surface area contributed by atoms with Gasteiger partial charge >= 0.3 is 5.97 Å². The molecule has 3 N–H and O–H groups in total. The number of aryl methyl sites for hydroxylation is 2. The number of ether oxygens (including phenoxy) is 1. The Balaban J connectivity index is 1.78. The van der Waals surface area contributed by atoms with Gasteiger partial charge < -0.3 is 15.8 Å². The number of anilines is 2. The summed E-state index contributed by atoms with van der Waals surface area (Å²) in [6.45, 7) is 4.90. The first-order chi connectivity index (χ1) is 13.6. The number of carbonyl (C=O) groups is 2. The summed E-state index contributed by atoms with van der Waals surface area (Å²) < 4.78 is 45.1. The Bertz CT molecular complexity index is 1150. The van der Waals surface area contributed by atoms with Crippen molar-refractivity contribution in [2.75, 3.05) is 11.1 Å². The van der Waals surface area contributed by atoms with Gasteiger partial charge in [0.1, 0.15) is 9.71 Å². The number of carbonyl (C=O) groups excluding carboxylic acids is 2. The standard InChI is InChI=1S/C19H16F3N3O3S/c1-7-6-8(2)24-18-12(7)15(23)16(29-18)19(27)28-9(3)17(26)25-11-5-4-10(20)13(21)14(11)22/h4-6,9H,23H2,1-3H3,(H,25,26)/t9-/m0/s1. The van der Waals surface area contributed by atoms with Crippen molar-refractivity contribution in [2.45, 2.75) is 26.9 Å². The summed E-state index contributed by atoms with van der Waals surface area (Å²) in [5.41, 5.74) is 7.29. The molecule has 3 rings (SSSR count). The fraction of sp³-hybridized carbons (Fsp3) is 0.211. The molecular weight excluding hydrogens is 407 g/mol. The molecule has 0 radical (unpaired) electrons. The van der Waals surface area contributed by atoms with Crippen LogP contribution in [0.4, 0.5) is 24.5 Å². The molecule has 2 heterocycles. The van der Waals surface area contributed by atoms with E-state index in [-0.39, 0.29) is 10.6 Å². The summed E-state index contributed by atoms with van der Waals surface area (Å²) in [6.07, 6.45) is -1.35. The van der Waals surface area contributed by atoms with Crippen molar-refractivity contribution in [3.8, 4) is 0 Å². The molecule has 0 spiro atoms. The predicted octanol–water partition coefficient (Wildman–Crippen LogP) is 4.10. The van der Waals surface area contributed by atoms with Crippen LogP contribution in [-0.2, 0) is 9.53 Å². The molecule has 29 heavy (non-hydrogen) atoms. The Morgan fingerprint density at radius 3 is 2.59 bits per heavy atom. The second kappa shape index (κ2) is 7.70. The smallest absolute Gasteiger partial charge is 0.351 e. The number of nitrogens with one attached hydrogen (secondary N) is 1. The van der Waals surface area contributed by atoms with Crippen molar-refractivity contribution in [1.29, 1.82) is 0 Å². The molecule has 0 aliphatic rings. The Morgan fingerprint density at radius 1 is 1.21 bits per heavy atom. The van der Waals surface area contributed by atoms with Gasteiger partial charge in [-0.25, -0.2) is 22.9 Å². The molecule has 0 aliphatic carbocycles. The molecule has 1 amide bonds. The van der Waals surface area contributed by atoms with Crippen molar-refractivity contribution in [1.82, 2.24) is 4.98 Å². The zero-order valence-electron chi connectivity index (χ0n) is 15.6. The largest absolute Gasteiger partial charge is 0.448 e. The molecule has 0 saturated carbocycles. The van der Waals surface area contributed by atoms with E-state index in [0.717, 1.165) is 28.7 Å². The number of fused-ring (bicyclic) bond motifs is 1. The van der Waals surface area contributed by atoms with Gasteiger partial charge in [-0.1, -0.05) is 0 Å². The maximum atomic E-state index is 13.7. The number of nitrogens with two attached hydrogens (primary N) is 1. The minimum Gasteiger partial charge on any atom is -0.448 e. The van der Waals surface area contributed by atoms with Crippen LogP contribution in [0.25, 0.3) is 10.2 Å². The third-order valence-corrected chi connectivity index (χ3v) is 5.24. The van der Waals surface area contributed by atoms with E-state index < -0.39 is 41.1 Å². The second-order valence-corrected chi connectivity index (χ2v) is 7.36. The molecule has 2 aromatic heterocycles. The number of nitrogen functional groups attached to an aromatic ring is 1. The number of aromatic nitrogens is 1. The normalized spacial score (nSPS) is 12.1. The first-order valence-electron chi connectivity index (χ1n) is 8.41. The maximum Gasteiger partial charge on any atom is 0.351 e. The molecule has 3 aromatic rings. The van der Waals surface area contributed by atoms with E-state index in [4.69, 9.17) is 10.5 Å². The molecule has 10 heteroatoms. The Labute approximate surface area is 167 Å². The molecule has 0 saturated heterocycles. The first kappa shape index (κ1) is 20.6. The van der Waals surface area contributed by atoms with E-state index in [1.165, 1.54) is 6.92 Å². The van der Waals surface area contributed by atoms with Crippen molar-refractivity contribution in [3.63, 3.8) is 0 Å². The second-order valence-electron chi connectivity index (χ2n) is 6.37. The van der Waals surface area contributed by atoms with E-state index in [1.807, 2.05) is 19.9 Å². The lowest BCUT2D eigenvalue weighted by molar-refractivity contribution is -0.123. The Kier molecular flexibility index (Phi) is 5.47. The average molecular weight is 423 g/mol. The van der Waals surface area contributed by atoms with Gasteiger partial charge in [0.25, 0.3) is 5.91 Å². The molecule has 0 fully saturated rings. The minimum absolute atomic E-state index is 0.0832. The van der Waals surface area contributed by atoms with Crippen molar-refractivity contribution >= 4 is 44.8 Å². The molecule has 0 unspecified atom stereocenters.